The number of carbonyl (C=O) groups is 3. The molecule has 1 aromatic carbocycles. The molecule has 0 N–H and O–H groups in total. The summed E-state index contributed by atoms with van der Waals surface area (Å²) in [5.41, 5.74) is 0.889. The van der Waals surface area contributed by atoms with E-state index in [1.807, 2.05) is 6.92 Å². The van der Waals surface area contributed by atoms with Gasteiger partial charge in [-0.15, -0.1) is 0 Å². The highest BCUT2D eigenvalue weighted by molar-refractivity contribution is 7.89. The second-order valence-electron chi connectivity index (χ2n) is 7.70. The maximum atomic E-state index is 12.9. The van der Waals surface area contributed by atoms with Crippen molar-refractivity contribution < 1.29 is 22.8 Å². The molecule has 3 rings (SSSR count). The molecule has 29 heavy (non-hydrogen) atoms. The highest BCUT2D eigenvalue weighted by atomic mass is 32.2. The molecule has 0 radical (unpaired) electrons. The fourth-order valence-electron chi connectivity index (χ4n) is 3.67. The van der Waals surface area contributed by atoms with E-state index in [2.05, 4.69) is 0 Å². The van der Waals surface area contributed by atoms with Crippen LogP contribution in [0.15, 0.2) is 18.2 Å². The third kappa shape index (κ3) is 4.06. The molecule has 0 aliphatic carbocycles. The van der Waals surface area contributed by atoms with Gasteiger partial charge in [-0.1, -0.05) is 13.3 Å². The van der Waals surface area contributed by atoms with E-state index in [0.717, 1.165) is 6.42 Å². The molecule has 0 aromatic heterocycles. The smallest absolute Gasteiger partial charge is 0.261 e. The van der Waals surface area contributed by atoms with E-state index >= 15 is 0 Å². The SMILES string of the molecule is CCCCS(=O)(=O)N1CCN(C(=O)c2ccc3c(c2)C(=O)N(C(C)C)C3=O)CC1. The van der Waals surface area contributed by atoms with Gasteiger partial charge in [0.2, 0.25) is 10.0 Å². The quantitative estimate of drug-likeness (QED) is 0.650. The molecule has 0 spiro atoms. The molecular formula is C20H27N3O5S. The van der Waals surface area contributed by atoms with Gasteiger partial charge in [-0.3, -0.25) is 19.3 Å². The van der Waals surface area contributed by atoms with E-state index in [4.69, 9.17) is 0 Å². The van der Waals surface area contributed by atoms with Crippen LogP contribution in [0.5, 0.6) is 0 Å². The highest BCUT2D eigenvalue weighted by Gasteiger charge is 2.38. The molecule has 9 heteroatoms. The number of amides is 3. The summed E-state index contributed by atoms with van der Waals surface area (Å²) >= 11 is 0. The van der Waals surface area contributed by atoms with Gasteiger partial charge in [-0.25, -0.2) is 8.42 Å². The first-order valence-corrected chi connectivity index (χ1v) is 11.6. The van der Waals surface area contributed by atoms with Crippen LogP contribution in [0.2, 0.25) is 0 Å². The molecule has 1 fully saturated rings. The van der Waals surface area contributed by atoms with Crippen molar-refractivity contribution in [2.45, 2.75) is 39.7 Å². The molecular weight excluding hydrogens is 394 g/mol. The van der Waals surface area contributed by atoms with Crippen LogP contribution in [0.1, 0.15) is 64.7 Å². The van der Waals surface area contributed by atoms with E-state index in [1.165, 1.54) is 21.3 Å². The zero-order valence-electron chi connectivity index (χ0n) is 17.1. The van der Waals surface area contributed by atoms with Crippen LogP contribution in [0.3, 0.4) is 0 Å². The number of sulfonamides is 1. The maximum absolute atomic E-state index is 12.9. The minimum absolute atomic E-state index is 0.130. The van der Waals surface area contributed by atoms with Gasteiger partial charge in [0.1, 0.15) is 0 Å². The van der Waals surface area contributed by atoms with Gasteiger partial charge < -0.3 is 4.90 Å². The fourth-order valence-corrected chi connectivity index (χ4v) is 5.30. The summed E-state index contributed by atoms with van der Waals surface area (Å²) in [6.07, 6.45) is 1.43. The number of rotatable bonds is 6. The first-order chi connectivity index (χ1) is 13.7. The van der Waals surface area contributed by atoms with E-state index < -0.39 is 10.0 Å². The Labute approximate surface area is 171 Å². The van der Waals surface area contributed by atoms with Gasteiger partial charge in [-0.2, -0.15) is 4.31 Å². The molecule has 3 amide bonds. The van der Waals surface area contributed by atoms with Gasteiger partial charge >= 0.3 is 0 Å². The summed E-state index contributed by atoms with van der Waals surface area (Å²) in [4.78, 5) is 40.6. The molecule has 2 aliphatic heterocycles. The summed E-state index contributed by atoms with van der Waals surface area (Å²) in [6.45, 7) is 6.60. The van der Waals surface area contributed by atoms with Crippen LogP contribution in [0, 0.1) is 0 Å². The average molecular weight is 422 g/mol. The monoisotopic (exact) mass is 421 g/mol. The summed E-state index contributed by atoms with van der Waals surface area (Å²) in [5.74, 6) is -0.863. The van der Waals surface area contributed by atoms with E-state index in [1.54, 1.807) is 24.8 Å². The minimum atomic E-state index is -3.29. The number of hydrogen-bond acceptors (Lipinski definition) is 5. The third-order valence-electron chi connectivity index (χ3n) is 5.36. The number of carbonyl (C=O) groups excluding carboxylic acids is 3. The van der Waals surface area contributed by atoms with Crippen LogP contribution in [-0.4, -0.2) is 78.2 Å². The summed E-state index contributed by atoms with van der Waals surface area (Å²) in [6, 6.07) is 4.30. The Morgan fingerprint density at radius 2 is 1.66 bits per heavy atom. The minimum Gasteiger partial charge on any atom is -0.336 e. The number of fused-ring (bicyclic) bond motifs is 1. The molecule has 0 bridgehead atoms. The lowest BCUT2D eigenvalue weighted by atomic mass is 10.0. The number of benzene rings is 1. The van der Waals surface area contributed by atoms with Crippen LogP contribution < -0.4 is 0 Å². The molecule has 2 aliphatic rings. The van der Waals surface area contributed by atoms with E-state index in [-0.39, 0.29) is 48.2 Å². The van der Waals surface area contributed by atoms with Crippen LogP contribution >= 0.6 is 0 Å². The Bertz CT molecular complexity index is 933. The van der Waals surface area contributed by atoms with Crippen molar-refractivity contribution in [2.24, 2.45) is 0 Å². The van der Waals surface area contributed by atoms with E-state index in [9.17, 15) is 22.8 Å². The number of nitrogens with zero attached hydrogens (tertiary/aromatic N) is 3. The van der Waals surface area contributed by atoms with Crippen molar-refractivity contribution in [1.82, 2.24) is 14.1 Å². The Balaban J connectivity index is 1.71. The van der Waals surface area contributed by atoms with Crippen molar-refractivity contribution in [3.05, 3.63) is 34.9 Å². The predicted octanol–water partition coefficient (Wildman–Crippen LogP) is 1.58. The topological polar surface area (TPSA) is 95.1 Å². The highest BCUT2D eigenvalue weighted by Crippen LogP contribution is 2.26. The molecule has 1 saturated heterocycles. The van der Waals surface area contributed by atoms with E-state index in [0.29, 0.717) is 30.6 Å². The zero-order chi connectivity index (χ0) is 21.3. The van der Waals surface area contributed by atoms with Gasteiger partial charge in [-0.05, 0) is 38.5 Å². The van der Waals surface area contributed by atoms with Gasteiger partial charge in [0.15, 0.2) is 0 Å². The molecule has 8 nitrogen and oxygen atoms in total. The van der Waals surface area contributed by atoms with Crippen molar-refractivity contribution in [2.75, 3.05) is 31.9 Å². The summed E-state index contributed by atoms with van der Waals surface area (Å²) < 4.78 is 26.1. The van der Waals surface area contributed by atoms with Gasteiger partial charge in [0.05, 0.1) is 16.9 Å². The average Bonchev–Trinajstić information content (AvgIpc) is 2.96. The Hall–Kier alpha value is -2.26. The zero-order valence-corrected chi connectivity index (χ0v) is 17.9. The second-order valence-corrected chi connectivity index (χ2v) is 9.78. The van der Waals surface area contributed by atoms with Crippen LogP contribution in [0.25, 0.3) is 0 Å². The number of unbranched alkanes of at least 4 members (excludes halogenated alkanes) is 1. The van der Waals surface area contributed by atoms with Crippen molar-refractivity contribution in [3.63, 3.8) is 0 Å². The second kappa shape index (κ2) is 8.23. The standard InChI is InChI=1S/C20H27N3O5S/c1-4-5-12-29(27,28)22-10-8-21(9-11-22)18(24)15-6-7-16-17(13-15)20(26)23(14(2)3)19(16)25/h6-7,13-14H,4-5,8-12H2,1-3H3. The normalized spacial score (nSPS) is 17.9. The van der Waals surface area contributed by atoms with Crippen LogP contribution in [-0.2, 0) is 10.0 Å². The van der Waals surface area contributed by atoms with Crippen LogP contribution in [0.4, 0.5) is 0 Å². The molecule has 1 aromatic rings. The van der Waals surface area contributed by atoms with Crippen molar-refractivity contribution in [3.8, 4) is 0 Å². The molecule has 2 heterocycles. The molecule has 0 atom stereocenters. The maximum Gasteiger partial charge on any atom is 0.261 e. The third-order valence-corrected chi connectivity index (χ3v) is 7.31. The van der Waals surface area contributed by atoms with Gasteiger partial charge in [0, 0.05) is 37.8 Å². The lowest BCUT2D eigenvalue weighted by Crippen LogP contribution is -2.51. The number of hydrogen-bond donors (Lipinski definition) is 0. The predicted molar refractivity (Wildman–Crippen MR) is 108 cm³/mol. The fraction of sp³-hybridized carbons (Fsp3) is 0.550. The van der Waals surface area contributed by atoms with Crippen molar-refractivity contribution in [1.29, 1.82) is 0 Å². The number of imide groups is 1. The Morgan fingerprint density at radius 3 is 2.24 bits per heavy atom. The summed E-state index contributed by atoms with van der Waals surface area (Å²) in [5, 5.41) is 0. The molecule has 158 valence electrons. The lowest BCUT2D eigenvalue weighted by molar-refractivity contribution is 0.0608. The number of piperazine rings is 1. The Kier molecular flexibility index (Phi) is 6.09. The van der Waals surface area contributed by atoms with Crippen molar-refractivity contribution >= 4 is 27.7 Å². The Morgan fingerprint density at radius 1 is 1.03 bits per heavy atom. The molecule has 0 saturated carbocycles. The first-order valence-electron chi connectivity index (χ1n) is 9.96. The first kappa shape index (κ1) is 21.4. The molecule has 0 unspecified atom stereocenters. The summed E-state index contributed by atoms with van der Waals surface area (Å²) in [7, 11) is -3.29. The van der Waals surface area contributed by atoms with Gasteiger partial charge in [0.25, 0.3) is 17.7 Å². The lowest BCUT2D eigenvalue weighted by Gasteiger charge is -2.34. The largest absolute Gasteiger partial charge is 0.336 e.